The zero-order valence-corrected chi connectivity index (χ0v) is 17.7. The van der Waals surface area contributed by atoms with Gasteiger partial charge in [-0.05, 0) is 63.6 Å². The molecule has 146 valence electrons. The number of fused-ring (bicyclic) bond motifs is 1. The van der Waals surface area contributed by atoms with Gasteiger partial charge in [0.1, 0.15) is 0 Å². The molecule has 0 radical (unpaired) electrons. The molecule has 0 atom stereocenters. The first-order valence-corrected chi connectivity index (χ1v) is 9.69. The van der Waals surface area contributed by atoms with E-state index in [4.69, 9.17) is 16.3 Å². The average Bonchev–Trinajstić information content (AvgIpc) is 2.65. The van der Waals surface area contributed by atoms with E-state index in [1.165, 1.54) is 5.57 Å². The number of hydrogen-bond donors (Lipinski definition) is 0. The molecule has 1 heterocycles. The third-order valence-electron chi connectivity index (χ3n) is 5.05. The molecule has 0 fully saturated rings. The van der Waals surface area contributed by atoms with Gasteiger partial charge in [0.15, 0.2) is 0 Å². The summed E-state index contributed by atoms with van der Waals surface area (Å²) in [5.41, 5.74) is 5.39. The molecule has 28 heavy (non-hydrogen) atoms. The standard InChI is InChI=1S/C23H25ClN2O2/c1-6-28-22(27)16-8-7-9-18(10-16)25-14-17-11-19-15(2)13-23(3,4)26(5)21(19)12-20(17)24/h7-14H,6H2,1-5H3. The molecule has 2 aromatic rings. The first kappa shape index (κ1) is 20.2. The number of anilines is 1. The lowest BCUT2D eigenvalue weighted by Gasteiger charge is -2.40. The molecule has 3 rings (SSSR count). The maximum absolute atomic E-state index is 11.9. The molecule has 0 N–H and O–H groups in total. The van der Waals surface area contributed by atoms with Gasteiger partial charge in [-0.25, -0.2) is 4.79 Å². The zero-order valence-electron chi connectivity index (χ0n) is 16.9. The van der Waals surface area contributed by atoms with Crippen LogP contribution in [0.1, 0.15) is 49.2 Å². The highest BCUT2D eigenvalue weighted by Gasteiger charge is 2.29. The summed E-state index contributed by atoms with van der Waals surface area (Å²) in [5, 5.41) is 0.640. The first-order chi connectivity index (χ1) is 13.2. The van der Waals surface area contributed by atoms with E-state index in [0.717, 1.165) is 16.8 Å². The van der Waals surface area contributed by atoms with Crippen LogP contribution >= 0.6 is 11.6 Å². The number of benzene rings is 2. The van der Waals surface area contributed by atoms with Crippen molar-refractivity contribution in [1.29, 1.82) is 0 Å². The van der Waals surface area contributed by atoms with E-state index in [2.05, 4.69) is 49.9 Å². The van der Waals surface area contributed by atoms with Gasteiger partial charge < -0.3 is 9.64 Å². The number of esters is 1. The monoisotopic (exact) mass is 396 g/mol. The van der Waals surface area contributed by atoms with Crippen LogP contribution in [0.4, 0.5) is 11.4 Å². The fraction of sp³-hybridized carbons (Fsp3) is 0.304. The van der Waals surface area contributed by atoms with Crippen molar-refractivity contribution in [3.8, 4) is 0 Å². The van der Waals surface area contributed by atoms with Crippen molar-refractivity contribution < 1.29 is 9.53 Å². The summed E-state index contributed by atoms with van der Waals surface area (Å²) in [4.78, 5) is 18.6. The maximum Gasteiger partial charge on any atom is 0.338 e. The molecular weight excluding hydrogens is 372 g/mol. The maximum atomic E-state index is 11.9. The number of halogens is 1. The fourth-order valence-corrected chi connectivity index (χ4v) is 3.57. The summed E-state index contributed by atoms with van der Waals surface area (Å²) in [7, 11) is 2.08. The molecule has 0 saturated carbocycles. The van der Waals surface area contributed by atoms with E-state index < -0.39 is 0 Å². The number of carbonyl (C=O) groups is 1. The summed E-state index contributed by atoms with van der Waals surface area (Å²) in [5.74, 6) is -0.349. The number of allylic oxidation sites excluding steroid dienone is 1. The molecule has 1 aliphatic heterocycles. The molecule has 0 spiro atoms. The Kier molecular flexibility index (Phi) is 5.61. The Hall–Kier alpha value is -2.59. The minimum absolute atomic E-state index is 0.0659. The molecule has 1 aliphatic rings. The van der Waals surface area contributed by atoms with Crippen molar-refractivity contribution in [1.82, 2.24) is 0 Å². The summed E-state index contributed by atoms with van der Waals surface area (Å²) in [6.07, 6.45) is 3.99. The van der Waals surface area contributed by atoms with Crippen LogP contribution in [-0.4, -0.2) is 31.4 Å². The Morgan fingerprint density at radius 1 is 1.29 bits per heavy atom. The zero-order chi connectivity index (χ0) is 20.5. The quantitative estimate of drug-likeness (QED) is 0.477. The van der Waals surface area contributed by atoms with Gasteiger partial charge in [0.2, 0.25) is 0 Å². The van der Waals surface area contributed by atoms with Crippen molar-refractivity contribution in [2.75, 3.05) is 18.6 Å². The molecular formula is C23H25ClN2O2. The minimum atomic E-state index is -0.349. The molecule has 0 saturated heterocycles. The van der Waals surface area contributed by atoms with Crippen molar-refractivity contribution in [3.63, 3.8) is 0 Å². The number of rotatable bonds is 4. The van der Waals surface area contributed by atoms with Crippen LogP contribution in [0.15, 0.2) is 47.5 Å². The van der Waals surface area contributed by atoms with Crippen LogP contribution < -0.4 is 4.90 Å². The normalized spacial score (nSPS) is 15.4. The number of ether oxygens (including phenoxy) is 1. The van der Waals surface area contributed by atoms with Gasteiger partial charge in [-0.3, -0.25) is 4.99 Å². The lowest BCUT2D eigenvalue weighted by Crippen LogP contribution is -2.42. The molecule has 0 bridgehead atoms. The van der Waals surface area contributed by atoms with Gasteiger partial charge in [-0.1, -0.05) is 23.7 Å². The summed E-state index contributed by atoms with van der Waals surface area (Å²) < 4.78 is 5.04. The van der Waals surface area contributed by atoms with Gasteiger partial charge in [0.25, 0.3) is 0 Å². The predicted molar refractivity (Wildman–Crippen MR) is 117 cm³/mol. The Morgan fingerprint density at radius 3 is 2.75 bits per heavy atom. The highest BCUT2D eigenvalue weighted by Crippen LogP contribution is 2.40. The Balaban J connectivity index is 1.93. The van der Waals surface area contributed by atoms with E-state index in [1.807, 2.05) is 12.1 Å². The lowest BCUT2D eigenvalue weighted by atomic mass is 9.88. The van der Waals surface area contributed by atoms with Crippen LogP contribution in [-0.2, 0) is 4.74 Å². The second kappa shape index (κ2) is 7.80. The smallest absolute Gasteiger partial charge is 0.338 e. The van der Waals surface area contributed by atoms with Crippen LogP contribution in [0.5, 0.6) is 0 Å². The second-order valence-corrected chi connectivity index (χ2v) is 7.87. The summed E-state index contributed by atoms with van der Waals surface area (Å²) >= 11 is 6.55. The number of aliphatic imine (C=N–C) groups is 1. The van der Waals surface area contributed by atoms with Crippen LogP contribution in [0, 0.1) is 0 Å². The molecule has 0 amide bonds. The van der Waals surface area contributed by atoms with Gasteiger partial charge >= 0.3 is 5.97 Å². The highest BCUT2D eigenvalue weighted by molar-refractivity contribution is 6.33. The number of hydrogen-bond acceptors (Lipinski definition) is 4. The van der Waals surface area contributed by atoms with Crippen molar-refractivity contribution >= 4 is 40.7 Å². The molecule has 4 nitrogen and oxygen atoms in total. The van der Waals surface area contributed by atoms with E-state index in [1.54, 1.807) is 31.3 Å². The number of nitrogens with zero attached hydrogens (tertiary/aromatic N) is 2. The van der Waals surface area contributed by atoms with E-state index >= 15 is 0 Å². The number of likely N-dealkylation sites (N-methyl/N-ethyl adjacent to an activating group) is 1. The first-order valence-electron chi connectivity index (χ1n) is 9.31. The second-order valence-electron chi connectivity index (χ2n) is 7.46. The summed E-state index contributed by atoms with van der Waals surface area (Å²) in [6, 6.07) is 11.1. The van der Waals surface area contributed by atoms with Gasteiger partial charge in [0, 0.05) is 30.1 Å². The SMILES string of the molecule is CCOC(=O)c1cccc(N=Cc2cc3c(cc2Cl)N(C)C(C)(C)C=C3C)c1. The third kappa shape index (κ3) is 3.97. The Bertz CT molecular complexity index is 977. The largest absolute Gasteiger partial charge is 0.462 e. The van der Waals surface area contributed by atoms with Gasteiger partial charge in [-0.15, -0.1) is 0 Å². The van der Waals surface area contributed by atoms with Crippen molar-refractivity contribution in [3.05, 3.63) is 64.2 Å². The van der Waals surface area contributed by atoms with Gasteiger partial charge in [0.05, 0.1) is 28.4 Å². The van der Waals surface area contributed by atoms with E-state index in [0.29, 0.717) is 22.9 Å². The summed E-state index contributed by atoms with van der Waals surface area (Å²) in [6.45, 7) is 8.60. The van der Waals surface area contributed by atoms with Crippen LogP contribution in [0.25, 0.3) is 5.57 Å². The van der Waals surface area contributed by atoms with Crippen molar-refractivity contribution in [2.45, 2.75) is 33.2 Å². The van der Waals surface area contributed by atoms with Crippen LogP contribution in [0.2, 0.25) is 5.02 Å². The van der Waals surface area contributed by atoms with E-state index in [-0.39, 0.29) is 11.5 Å². The molecule has 0 aromatic heterocycles. The topological polar surface area (TPSA) is 41.9 Å². The highest BCUT2D eigenvalue weighted by atomic mass is 35.5. The fourth-order valence-electron chi connectivity index (χ4n) is 3.36. The van der Waals surface area contributed by atoms with Crippen LogP contribution in [0.3, 0.4) is 0 Å². The molecule has 2 aromatic carbocycles. The predicted octanol–water partition coefficient (Wildman–Crippen LogP) is 5.90. The van der Waals surface area contributed by atoms with E-state index in [9.17, 15) is 4.79 Å². The van der Waals surface area contributed by atoms with Crippen molar-refractivity contribution in [2.24, 2.45) is 4.99 Å². The molecule has 5 heteroatoms. The molecule has 0 unspecified atom stereocenters. The lowest BCUT2D eigenvalue weighted by molar-refractivity contribution is 0.0526. The minimum Gasteiger partial charge on any atom is -0.462 e. The Labute approximate surface area is 171 Å². The van der Waals surface area contributed by atoms with Gasteiger partial charge in [-0.2, -0.15) is 0 Å². The average molecular weight is 397 g/mol. The molecule has 0 aliphatic carbocycles. The Morgan fingerprint density at radius 2 is 2.04 bits per heavy atom. The number of carbonyl (C=O) groups excluding carboxylic acids is 1. The third-order valence-corrected chi connectivity index (χ3v) is 5.37.